The molecule has 1 aliphatic rings. The van der Waals surface area contributed by atoms with Crippen molar-refractivity contribution in [3.05, 3.63) is 23.8 Å². The van der Waals surface area contributed by atoms with Gasteiger partial charge in [0.2, 0.25) is 6.79 Å². The maximum Gasteiger partial charge on any atom is 0.231 e. The molecular formula is C15H23NO4. The second-order valence-corrected chi connectivity index (χ2v) is 5.26. The Kier molecular flexibility index (Phi) is 5.64. The van der Waals surface area contributed by atoms with Gasteiger partial charge in [0.05, 0.1) is 25.9 Å². The molecule has 2 N–H and O–H groups in total. The van der Waals surface area contributed by atoms with Gasteiger partial charge in [0, 0.05) is 6.61 Å². The van der Waals surface area contributed by atoms with Gasteiger partial charge >= 0.3 is 0 Å². The number of rotatable bonds is 8. The molecule has 0 fully saturated rings. The van der Waals surface area contributed by atoms with Gasteiger partial charge in [0.15, 0.2) is 11.5 Å². The summed E-state index contributed by atoms with van der Waals surface area (Å²) in [6.45, 7) is 6.91. The molecule has 1 heterocycles. The highest BCUT2D eigenvalue weighted by molar-refractivity contribution is 5.45. The van der Waals surface area contributed by atoms with E-state index in [4.69, 9.17) is 24.7 Å². The molecule has 0 saturated heterocycles. The van der Waals surface area contributed by atoms with Gasteiger partial charge in [0.1, 0.15) is 0 Å². The Morgan fingerprint density at radius 2 is 1.80 bits per heavy atom. The van der Waals surface area contributed by atoms with E-state index in [0.29, 0.717) is 25.7 Å². The van der Waals surface area contributed by atoms with Crippen LogP contribution in [0.25, 0.3) is 0 Å². The summed E-state index contributed by atoms with van der Waals surface area (Å²) >= 11 is 0. The largest absolute Gasteiger partial charge is 0.454 e. The molecule has 20 heavy (non-hydrogen) atoms. The van der Waals surface area contributed by atoms with Gasteiger partial charge in [0.25, 0.3) is 0 Å². The maximum atomic E-state index is 6.09. The molecule has 0 saturated carbocycles. The predicted molar refractivity (Wildman–Crippen MR) is 76.0 cm³/mol. The molecule has 2 rings (SSSR count). The predicted octanol–water partition coefficient (Wildman–Crippen LogP) is 2.10. The average Bonchev–Trinajstić information content (AvgIpc) is 2.89. The Balaban J connectivity index is 1.68. The molecule has 1 atom stereocenters. The molecule has 5 heteroatoms. The van der Waals surface area contributed by atoms with Crippen molar-refractivity contribution in [1.29, 1.82) is 0 Å². The van der Waals surface area contributed by atoms with Gasteiger partial charge in [-0.15, -0.1) is 0 Å². The molecule has 1 aliphatic heterocycles. The van der Waals surface area contributed by atoms with Crippen LogP contribution in [-0.2, 0) is 9.47 Å². The van der Waals surface area contributed by atoms with Crippen molar-refractivity contribution in [2.75, 3.05) is 33.2 Å². The molecule has 0 aromatic heterocycles. The molecular weight excluding hydrogens is 258 g/mol. The highest BCUT2D eigenvalue weighted by Gasteiger charge is 2.15. The van der Waals surface area contributed by atoms with Gasteiger partial charge in [-0.25, -0.2) is 0 Å². The first-order valence-corrected chi connectivity index (χ1v) is 6.97. The molecule has 112 valence electrons. The molecule has 1 unspecified atom stereocenters. The third kappa shape index (κ3) is 4.37. The zero-order valence-corrected chi connectivity index (χ0v) is 12.1. The number of fused-ring (bicyclic) bond motifs is 1. The second kappa shape index (κ2) is 7.47. The van der Waals surface area contributed by atoms with Crippen molar-refractivity contribution < 1.29 is 18.9 Å². The van der Waals surface area contributed by atoms with Gasteiger partial charge in [-0.2, -0.15) is 0 Å². The Morgan fingerprint density at radius 1 is 1.10 bits per heavy atom. The molecule has 1 aromatic rings. The summed E-state index contributed by atoms with van der Waals surface area (Å²) in [5.74, 6) is 2.06. The molecule has 1 aromatic carbocycles. The SMILES string of the molecule is CC(C)COCCOCC(N)c1ccc2c(c1)OCO2. The van der Waals surface area contributed by atoms with Crippen LogP contribution < -0.4 is 15.2 Å². The molecule has 5 nitrogen and oxygen atoms in total. The summed E-state index contributed by atoms with van der Waals surface area (Å²) in [4.78, 5) is 0. The summed E-state index contributed by atoms with van der Waals surface area (Å²) in [5.41, 5.74) is 7.07. The number of benzene rings is 1. The normalized spacial score (nSPS) is 14.8. The Morgan fingerprint density at radius 3 is 2.55 bits per heavy atom. The van der Waals surface area contributed by atoms with E-state index in [-0.39, 0.29) is 12.8 Å². The van der Waals surface area contributed by atoms with Gasteiger partial charge in [-0.3, -0.25) is 0 Å². The Labute approximate surface area is 120 Å². The highest BCUT2D eigenvalue weighted by Crippen LogP contribution is 2.33. The summed E-state index contributed by atoms with van der Waals surface area (Å²) in [6, 6.07) is 5.56. The molecule has 0 aliphatic carbocycles. The maximum absolute atomic E-state index is 6.09. The summed E-state index contributed by atoms with van der Waals surface area (Å²) in [6.07, 6.45) is 0. The second-order valence-electron chi connectivity index (χ2n) is 5.26. The quantitative estimate of drug-likeness (QED) is 0.739. The van der Waals surface area contributed by atoms with Crippen molar-refractivity contribution >= 4 is 0 Å². The number of nitrogens with two attached hydrogens (primary N) is 1. The van der Waals surface area contributed by atoms with Gasteiger partial charge < -0.3 is 24.7 Å². The zero-order valence-electron chi connectivity index (χ0n) is 12.1. The van der Waals surface area contributed by atoms with E-state index in [0.717, 1.165) is 23.7 Å². The molecule has 0 amide bonds. The minimum atomic E-state index is -0.172. The van der Waals surface area contributed by atoms with Crippen molar-refractivity contribution in [2.24, 2.45) is 11.7 Å². The van der Waals surface area contributed by atoms with E-state index in [1.807, 2.05) is 18.2 Å². The van der Waals surface area contributed by atoms with Crippen molar-refractivity contribution in [3.8, 4) is 11.5 Å². The smallest absolute Gasteiger partial charge is 0.231 e. The fraction of sp³-hybridized carbons (Fsp3) is 0.600. The van der Waals surface area contributed by atoms with Crippen LogP contribution in [-0.4, -0.2) is 33.2 Å². The van der Waals surface area contributed by atoms with Crippen molar-refractivity contribution in [2.45, 2.75) is 19.9 Å². The minimum Gasteiger partial charge on any atom is -0.454 e. The highest BCUT2D eigenvalue weighted by atomic mass is 16.7. The summed E-state index contributed by atoms with van der Waals surface area (Å²) in [7, 11) is 0. The van der Waals surface area contributed by atoms with Crippen LogP contribution >= 0.6 is 0 Å². The van der Waals surface area contributed by atoms with E-state index >= 15 is 0 Å². The number of hydrogen-bond donors (Lipinski definition) is 1. The lowest BCUT2D eigenvalue weighted by Crippen LogP contribution is -2.19. The summed E-state index contributed by atoms with van der Waals surface area (Å²) in [5, 5.41) is 0. The molecule has 0 spiro atoms. The first-order valence-electron chi connectivity index (χ1n) is 6.97. The van der Waals surface area contributed by atoms with E-state index < -0.39 is 0 Å². The standard InChI is InChI=1S/C15H23NO4/c1-11(2)8-17-5-6-18-9-13(16)12-3-4-14-15(7-12)20-10-19-14/h3-4,7,11,13H,5-6,8-10,16H2,1-2H3. The van der Waals surface area contributed by atoms with E-state index in [1.165, 1.54) is 0 Å². The van der Waals surface area contributed by atoms with E-state index in [1.54, 1.807) is 0 Å². The summed E-state index contributed by atoms with van der Waals surface area (Å²) < 4.78 is 21.6. The van der Waals surface area contributed by atoms with Crippen LogP contribution in [0.4, 0.5) is 0 Å². The van der Waals surface area contributed by atoms with Gasteiger partial charge in [-0.1, -0.05) is 19.9 Å². The molecule has 0 radical (unpaired) electrons. The molecule has 0 bridgehead atoms. The van der Waals surface area contributed by atoms with Crippen LogP contribution in [0.15, 0.2) is 18.2 Å². The monoisotopic (exact) mass is 281 g/mol. The van der Waals surface area contributed by atoms with Crippen molar-refractivity contribution in [1.82, 2.24) is 0 Å². The van der Waals surface area contributed by atoms with E-state index in [2.05, 4.69) is 13.8 Å². The fourth-order valence-electron chi connectivity index (χ4n) is 1.89. The van der Waals surface area contributed by atoms with Crippen LogP contribution in [0.3, 0.4) is 0 Å². The fourth-order valence-corrected chi connectivity index (χ4v) is 1.89. The lowest BCUT2D eigenvalue weighted by Gasteiger charge is -2.13. The number of ether oxygens (including phenoxy) is 4. The first-order chi connectivity index (χ1) is 9.66. The Bertz CT molecular complexity index is 422. The van der Waals surface area contributed by atoms with Gasteiger partial charge in [-0.05, 0) is 23.6 Å². The van der Waals surface area contributed by atoms with Crippen LogP contribution in [0.1, 0.15) is 25.5 Å². The first kappa shape index (κ1) is 15.1. The van der Waals surface area contributed by atoms with E-state index in [9.17, 15) is 0 Å². The van der Waals surface area contributed by atoms with Crippen molar-refractivity contribution in [3.63, 3.8) is 0 Å². The zero-order chi connectivity index (χ0) is 14.4. The number of hydrogen-bond acceptors (Lipinski definition) is 5. The van der Waals surface area contributed by atoms with Crippen LogP contribution in [0.5, 0.6) is 11.5 Å². The third-order valence-corrected chi connectivity index (χ3v) is 2.95. The lowest BCUT2D eigenvalue weighted by molar-refractivity contribution is 0.0333. The third-order valence-electron chi connectivity index (χ3n) is 2.95. The Hall–Kier alpha value is -1.30. The van der Waals surface area contributed by atoms with Crippen LogP contribution in [0, 0.1) is 5.92 Å². The van der Waals surface area contributed by atoms with Crippen LogP contribution in [0.2, 0.25) is 0 Å². The topological polar surface area (TPSA) is 62.9 Å². The minimum absolute atomic E-state index is 0.172. The lowest BCUT2D eigenvalue weighted by atomic mass is 10.1. The average molecular weight is 281 g/mol.